The number of amides is 3. The molecule has 1 unspecified atom stereocenters. The first-order valence-electron chi connectivity index (χ1n) is 8.53. The second kappa shape index (κ2) is 7.38. The molecular weight excluding hydrogens is 320 g/mol. The van der Waals surface area contributed by atoms with E-state index in [9.17, 15) is 14.4 Å². The molecule has 7 heteroatoms. The van der Waals surface area contributed by atoms with Crippen molar-refractivity contribution in [2.45, 2.75) is 38.6 Å². The van der Waals surface area contributed by atoms with Crippen LogP contribution in [0, 0.1) is 5.92 Å². The molecule has 1 fully saturated rings. The Labute approximate surface area is 145 Å². The normalized spacial score (nSPS) is 15.7. The van der Waals surface area contributed by atoms with Crippen molar-refractivity contribution in [2.75, 3.05) is 0 Å². The van der Waals surface area contributed by atoms with Crippen molar-refractivity contribution < 1.29 is 14.4 Å². The number of fused-ring (bicyclic) bond motifs is 1. The number of para-hydroxylation sites is 1. The summed E-state index contributed by atoms with van der Waals surface area (Å²) in [6, 6.07) is 6.69. The van der Waals surface area contributed by atoms with Crippen molar-refractivity contribution in [3.8, 4) is 0 Å². The summed E-state index contributed by atoms with van der Waals surface area (Å²) in [5, 5.41) is 3.48. The van der Waals surface area contributed by atoms with Gasteiger partial charge in [0.15, 0.2) is 0 Å². The molecule has 1 aromatic heterocycles. The average Bonchev–Trinajstić information content (AvgIpc) is 3.28. The highest BCUT2D eigenvalue weighted by Crippen LogP contribution is 2.24. The van der Waals surface area contributed by atoms with Crippen LogP contribution in [0.1, 0.15) is 43.0 Å². The largest absolute Gasteiger partial charge is 0.360 e. The smallest absolute Gasteiger partial charge is 0.271 e. The van der Waals surface area contributed by atoms with E-state index in [-0.39, 0.29) is 11.8 Å². The van der Waals surface area contributed by atoms with Gasteiger partial charge in [0.25, 0.3) is 11.8 Å². The molecule has 1 aliphatic rings. The van der Waals surface area contributed by atoms with E-state index in [1.807, 2.05) is 24.3 Å². The summed E-state index contributed by atoms with van der Waals surface area (Å²) in [6.07, 6.45) is 5.45. The van der Waals surface area contributed by atoms with Gasteiger partial charge in [0, 0.05) is 23.0 Å². The number of carbonyl (C=O) groups excluding carboxylic acids is 3. The van der Waals surface area contributed by atoms with E-state index in [1.165, 1.54) is 0 Å². The van der Waals surface area contributed by atoms with Crippen LogP contribution in [-0.2, 0) is 9.59 Å². The second-order valence-corrected chi connectivity index (χ2v) is 6.40. The lowest BCUT2D eigenvalue weighted by Crippen LogP contribution is -2.51. The zero-order valence-corrected chi connectivity index (χ0v) is 14.1. The fourth-order valence-electron chi connectivity index (χ4n) is 3.14. The minimum atomic E-state index is -0.712. The Morgan fingerprint density at radius 2 is 1.84 bits per heavy atom. The van der Waals surface area contributed by atoms with E-state index in [0.717, 1.165) is 36.6 Å². The van der Waals surface area contributed by atoms with Crippen LogP contribution in [0.15, 0.2) is 30.5 Å². The fourth-order valence-corrected chi connectivity index (χ4v) is 3.14. The van der Waals surface area contributed by atoms with Gasteiger partial charge in [-0.2, -0.15) is 0 Å². The molecule has 3 rings (SSSR count). The minimum absolute atomic E-state index is 0.00365. The summed E-state index contributed by atoms with van der Waals surface area (Å²) >= 11 is 0. The van der Waals surface area contributed by atoms with Gasteiger partial charge in [0.05, 0.1) is 5.56 Å². The van der Waals surface area contributed by atoms with Crippen molar-refractivity contribution in [1.82, 2.24) is 21.2 Å². The number of hydrogen-bond acceptors (Lipinski definition) is 3. The van der Waals surface area contributed by atoms with Crippen LogP contribution in [-0.4, -0.2) is 28.7 Å². The zero-order valence-electron chi connectivity index (χ0n) is 14.1. The van der Waals surface area contributed by atoms with Crippen LogP contribution in [0.2, 0.25) is 0 Å². The summed E-state index contributed by atoms with van der Waals surface area (Å²) in [7, 11) is 0. The number of benzene rings is 1. The number of nitrogens with one attached hydrogen (secondary N) is 4. The topological polar surface area (TPSA) is 103 Å². The number of hydrogen-bond donors (Lipinski definition) is 4. The molecule has 2 aromatic rings. The van der Waals surface area contributed by atoms with Crippen LogP contribution in [0.3, 0.4) is 0 Å². The fraction of sp³-hybridized carbons (Fsp3) is 0.389. The molecule has 132 valence electrons. The molecule has 0 radical (unpaired) electrons. The second-order valence-electron chi connectivity index (χ2n) is 6.40. The summed E-state index contributed by atoms with van der Waals surface area (Å²) in [6.45, 7) is 1.60. The van der Waals surface area contributed by atoms with Crippen molar-refractivity contribution in [1.29, 1.82) is 0 Å². The Balaban J connectivity index is 1.52. The van der Waals surface area contributed by atoms with Crippen LogP contribution in [0.25, 0.3) is 10.9 Å². The lowest BCUT2D eigenvalue weighted by molar-refractivity contribution is -0.131. The maximum absolute atomic E-state index is 12.2. The first-order valence-corrected chi connectivity index (χ1v) is 8.53. The number of aromatic nitrogens is 1. The van der Waals surface area contributed by atoms with Gasteiger partial charge in [-0.3, -0.25) is 25.2 Å². The molecule has 4 N–H and O–H groups in total. The molecule has 1 atom stereocenters. The maximum Gasteiger partial charge on any atom is 0.271 e. The van der Waals surface area contributed by atoms with Crippen LogP contribution in [0.5, 0.6) is 0 Å². The predicted octanol–water partition coefficient (Wildman–Crippen LogP) is 1.62. The summed E-state index contributed by atoms with van der Waals surface area (Å²) in [5.41, 5.74) is 6.04. The zero-order chi connectivity index (χ0) is 17.8. The van der Waals surface area contributed by atoms with Crippen molar-refractivity contribution in [3.63, 3.8) is 0 Å². The van der Waals surface area contributed by atoms with Crippen LogP contribution in [0.4, 0.5) is 0 Å². The minimum Gasteiger partial charge on any atom is -0.360 e. The summed E-state index contributed by atoms with van der Waals surface area (Å²) in [4.78, 5) is 39.4. The van der Waals surface area contributed by atoms with Gasteiger partial charge in [-0.05, 0) is 25.8 Å². The molecule has 1 saturated carbocycles. The standard InChI is InChI=1S/C18H22N4O3/c1-11(20-17(24)12-6-2-3-7-12)16(23)21-22-18(25)14-10-19-15-9-5-4-8-13(14)15/h4-5,8-12,19H,2-3,6-7H2,1H3,(H,20,24)(H,21,23)(H,22,25). The van der Waals surface area contributed by atoms with E-state index in [2.05, 4.69) is 21.2 Å². The van der Waals surface area contributed by atoms with E-state index in [0.29, 0.717) is 5.56 Å². The quantitative estimate of drug-likeness (QED) is 0.635. The molecular formula is C18H22N4O3. The lowest BCUT2D eigenvalue weighted by atomic mass is 10.1. The molecule has 1 aliphatic carbocycles. The van der Waals surface area contributed by atoms with Crippen LogP contribution < -0.4 is 16.2 Å². The highest BCUT2D eigenvalue weighted by Gasteiger charge is 2.25. The Hall–Kier alpha value is -2.83. The molecule has 1 aromatic carbocycles. The van der Waals surface area contributed by atoms with Crippen molar-refractivity contribution >= 4 is 28.6 Å². The van der Waals surface area contributed by atoms with Gasteiger partial charge in [-0.15, -0.1) is 0 Å². The Bertz CT molecular complexity index is 792. The SMILES string of the molecule is CC(NC(=O)C1CCCC1)C(=O)NNC(=O)c1c[nH]c2ccccc12. The number of H-pyrrole nitrogens is 1. The van der Waals surface area contributed by atoms with Gasteiger partial charge >= 0.3 is 0 Å². The van der Waals surface area contributed by atoms with Crippen LogP contribution >= 0.6 is 0 Å². The third-order valence-corrected chi connectivity index (χ3v) is 4.61. The highest BCUT2D eigenvalue weighted by atomic mass is 16.2. The van der Waals surface area contributed by atoms with Crippen molar-refractivity contribution in [2.24, 2.45) is 5.92 Å². The lowest BCUT2D eigenvalue weighted by Gasteiger charge is -2.17. The summed E-state index contributed by atoms with van der Waals surface area (Å²) < 4.78 is 0. The summed E-state index contributed by atoms with van der Waals surface area (Å²) in [5.74, 6) is -0.973. The molecule has 3 amide bonds. The Kier molecular flexibility index (Phi) is 5.02. The first kappa shape index (κ1) is 17.0. The monoisotopic (exact) mass is 342 g/mol. The first-order chi connectivity index (χ1) is 12.1. The van der Waals surface area contributed by atoms with E-state index < -0.39 is 17.9 Å². The van der Waals surface area contributed by atoms with Gasteiger partial charge in [-0.1, -0.05) is 31.0 Å². The molecule has 0 bridgehead atoms. The molecule has 7 nitrogen and oxygen atoms in total. The van der Waals surface area contributed by atoms with E-state index in [1.54, 1.807) is 13.1 Å². The Morgan fingerprint density at radius 3 is 2.60 bits per heavy atom. The molecule has 0 saturated heterocycles. The van der Waals surface area contributed by atoms with Gasteiger partial charge < -0.3 is 10.3 Å². The van der Waals surface area contributed by atoms with E-state index in [4.69, 9.17) is 0 Å². The maximum atomic E-state index is 12.2. The van der Waals surface area contributed by atoms with Gasteiger partial charge in [-0.25, -0.2) is 0 Å². The third kappa shape index (κ3) is 3.81. The molecule has 0 spiro atoms. The third-order valence-electron chi connectivity index (χ3n) is 4.61. The van der Waals surface area contributed by atoms with Gasteiger partial charge in [0.2, 0.25) is 5.91 Å². The van der Waals surface area contributed by atoms with E-state index >= 15 is 0 Å². The molecule has 0 aliphatic heterocycles. The predicted molar refractivity (Wildman–Crippen MR) is 93.5 cm³/mol. The van der Waals surface area contributed by atoms with Gasteiger partial charge in [0.1, 0.15) is 6.04 Å². The number of rotatable bonds is 4. The highest BCUT2D eigenvalue weighted by molar-refractivity contribution is 6.07. The molecule has 1 heterocycles. The Morgan fingerprint density at radius 1 is 1.12 bits per heavy atom. The van der Waals surface area contributed by atoms with Crippen molar-refractivity contribution in [3.05, 3.63) is 36.0 Å². The number of aromatic amines is 1. The molecule has 25 heavy (non-hydrogen) atoms. The average molecular weight is 342 g/mol. The number of carbonyl (C=O) groups is 3. The number of hydrazine groups is 1.